The van der Waals surface area contributed by atoms with E-state index in [1.807, 2.05) is 6.92 Å². The number of anilines is 1. The van der Waals surface area contributed by atoms with Crippen molar-refractivity contribution in [3.05, 3.63) is 11.1 Å². The smallest absolute Gasteiger partial charge is 0.245 e. The zero-order valence-electron chi connectivity index (χ0n) is 14.8. The molecule has 0 unspecified atom stereocenters. The predicted octanol–water partition coefficient (Wildman–Crippen LogP) is 3.99. The first kappa shape index (κ1) is 18.9. The number of nitrogens with zero attached hydrogens (tertiary/aromatic N) is 2. The molecule has 6 heteroatoms. The molecule has 0 bridgehead atoms. The summed E-state index contributed by atoms with van der Waals surface area (Å²) in [5, 5.41) is 3.42. The number of nitrogens with one attached hydrogen (secondary N) is 1. The van der Waals surface area contributed by atoms with Crippen LogP contribution in [0.2, 0.25) is 0 Å². The number of amides is 2. The van der Waals surface area contributed by atoms with E-state index in [0.29, 0.717) is 11.7 Å². The van der Waals surface area contributed by atoms with Crippen LogP contribution >= 0.6 is 11.3 Å². The third kappa shape index (κ3) is 5.89. The lowest BCUT2D eigenvalue weighted by Gasteiger charge is -2.29. The van der Waals surface area contributed by atoms with Gasteiger partial charge in [0.15, 0.2) is 5.13 Å². The fourth-order valence-corrected chi connectivity index (χ4v) is 3.85. The summed E-state index contributed by atoms with van der Waals surface area (Å²) in [4.78, 5) is 32.1. The number of unbranched alkanes of at least 4 members (excludes halogenated alkanes) is 2. The number of carbonyl (C=O) groups excluding carboxylic acids is 2. The van der Waals surface area contributed by atoms with Gasteiger partial charge in [-0.3, -0.25) is 9.59 Å². The number of hydrogen-bond acceptors (Lipinski definition) is 4. The van der Waals surface area contributed by atoms with Gasteiger partial charge >= 0.3 is 0 Å². The molecule has 1 aromatic rings. The van der Waals surface area contributed by atoms with Gasteiger partial charge in [0, 0.05) is 23.5 Å². The second kappa shape index (κ2) is 9.77. The van der Waals surface area contributed by atoms with E-state index in [1.54, 1.807) is 11.1 Å². The van der Waals surface area contributed by atoms with Crippen molar-refractivity contribution in [1.82, 2.24) is 9.88 Å². The molecular formula is C18H29N3O2S. The maximum atomic E-state index is 12.8. The standard InChI is InChI=1S/C18H29N3O2S/c1-3-4-8-11-21(17(23)15-9-6-5-7-10-15)13-16(22)20-18-19-12-14(2)24-18/h12,15H,3-11,13H2,1-2H3,(H,19,20,22). The first-order valence-corrected chi connectivity index (χ1v) is 9.93. The summed E-state index contributed by atoms with van der Waals surface area (Å²) in [7, 11) is 0. The van der Waals surface area contributed by atoms with Crippen LogP contribution in [0.1, 0.15) is 63.2 Å². The first-order valence-electron chi connectivity index (χ1n) is 9.11. The van der Waals surface area contributed by atoms with Crippen molar-refractivity contribution in [1.29, 1.82) is 0 Å². The van der Waals surface area contributed by atoms with Crippen LogP contribution in [0.5, 0.6) is 0 Å². The van der Waals surface area contributed by atoms with Crippen LogP contribution in [-0.2, 0) is 9.59 Å². The molecule has 1 aliphatic rings. The summed E-state index contributed by atoms with van der Waals surface area (Å²) in [6.45, 7) is 4.91. The summed E-state index contributed by atoms with van der Waals surface area (Å²) in [6, 6.07) is 0. The normalized spacial score (nSPS) is 15.2. The van der Waals surface area contributed by atoms with Gasteiger partial charge in [0.05, 0.1) is 6.54 Å². The van der Waals surface area contributed by atoms with E-state index >= 15 is 0 Å². The van der Waals surface area contributed by atoms with Gasteiger partial charge in [-0.1, -0.05) is 39.0 Å². The Bertz CT molecular complexity index is 538. The van der Waals surface area contributed by atoms with E-state index < -0.39 is 0 Å². The van der Waals surface area contributed by atoms with Gasteiger partial charge in [-0.2, -0.15) is 0 Å². The molecule has 0 atom stereocenters. The van der Waals surface area contributed by atoms with E-state index in [2.05, 4.69) is 17.2 Å². The second-order valence-electron chi connectivity index (χ2n) is 6.63. The van der Waals surface area contributed by atoms with Gasteiger partial charge in [0.25, 0.3) is 0 Å². The lowest BCUT2D eigenvalue weighted by molar-refractivity contribution is -0.139. The fraction of sp³-hybridized carbons (Fsp3) is 0.722. The van der Waals surface area contributed by atoms with Crippen LogP contribution in [0.3, 0.4) is 0 Å². The number of carbonyl (C=O) groups is 2. The van der Waals surface area contributed by atoms with Crippen molar-refractivity contribution in [3.8, 4) is 0 Å². The quantitative estimate of drug-likeness (QED) is 0.720. The van der Waals surface area contributed by atoms with Crippen molar-refractivity contribution in [2.45, 2.75) is 65.2 Å². The molecule has 1 heterocycles. The van der Waals surface area contributed by atoms with Crippen LogP contribution < -0.4 is 5.32 Å². The molecule has 2 rings (SSSR count). The molecule has 24 heavy (non-hydrogen) atoms. The van der Waals surface area contributed by atoms with Crippen LogP contribution in [0, 0.1) is 12.8 Å². The lowest BCUT2D eigenvalue weighted by atomic mass is 9.88. The molecule has 1 aliphatic carbocycles. The van der Waals surface area contributed by atoms with Crippen molar-refractivity contribution in [2.75, 3.05) is 18.4 Å². The van der Waals surface area contributed by atoms with Crippen molar-refractivity contribution in [2.24, 2.45) is 5.92 Å². The second-order valence-corrected chi connectivity index (χ2v) is 7.86. The molecule has 2 amide bonds. The largest absolute Gasteiger partial charge is 0.333 e. The van der Waals surface area contributed by atoms with Gasteiger partial charge in [0.2, 0.25) is 11.8 Å². The summed E-state index contributed by atoms with van der Waals surface area (Å²) in [5.41, 5.74) is 0. The Balaban J connectivity index is 1.93. The number of aromatic nitrogens is 1. The SMILES string of the molecule is CCCCCN(CC(=O)Nc1ncc(C)s1)C(=O)C1CCCCC1. The highest BCUT2D eigenvalue weighted by atomic mass is 32.1. The number of thiazole rings is 1. The third-order valence-corrected chi connectivity index (χ3v) is 5.33. The van der Waals surface area contributed by atoms with E-state index in [9.17, 15) is 9.59 Å². The maximum Gasteiger partial charge on any atom is 0.245 e. The van der Waals surface area contributed by atoms with Gasteiger partial charge in [-0.15, -0.1) is 11.3 Å². The monoisotopic (exact) mass is 351 g/mol. The molecule has 0 aromatic carbocycles. The highest BCUT2D eigenvalue weighted by Crippen LogP contribution is 2.25. The van der Waals surface area contributed by atoms with Crippen LogP contribution in [0.4, 0.5) is 5.13 Å². The summed E-state index contributed by atoms with van der Waals surface area (Å²) >= 11 is 1.45. The van der Waals surface area contributed by atoms with Crippen LogP contribution in [0.25, 0.3) is 0 Å². The lowest BCUT2D eigenvalue weighted by Crippen LogP contribution is -2.42. The molecule has 0 aliphatic heterocycles. The average Bonchev–Trinajstić information content (AvgIpc) is 2.99. The number of rotatable bonds is 8. The maximum absolute atomic E-state index is 12.8. The molecule has 0 spiro atoms. The Morgan fingerprint density at radius 2 is 2.04 bits per heavy atom. The third-order valence-electron chi connectivity index (χ3n) is 4.50. The van der Waals surface area contributed by atoms with E-state index in [0.717, 1.165) is 49.8 Å². The molecule has 134 valence electrons. The molecule has 1 N–H and O–H groups in total. The Hall–Kier alpha value is -1.43. The van der Waals surface area contributed by atoms with E-state index in [1.165, 1.54) is 17.8 Å². The molecule has 1 saturated carbocycles. The van der Waals surface area contributed by atoms with Crippen molar-refractivity contribution >= 4 is 28.3 Å². The Kier molecular flexibility index (Phi) is 7.69. The minimum atomic E-state index is -0.148. The minimum Gasteiger partial charge on any atom is -0.333 e. The molecular weight excluding hydrogens is 322 g/mol. The van der Waals surface area contributed by atoms with Gasteiger partial charge in [0.1, 0.15) is 0 Å². The van der Waals surface area contributed by atoms with E-state index in [4.69, 9.17) is 0 Å². The fourth-order valence-electron chi connectivity index (χ4n) is 3.17. The zero-order valence-corrected chi connectivity index (χ0v) is 15.7. The highest BCUT2D eigenvalue weighted by molar-refractivity contribution is 7.15. The minimum absolute atomic E-state index is 0.107. The Morgan fingerprint density at radius 1 is 1.29 bits per heavy atom. The predicted molar refractivity (Wildman–Crippen MR) is 98.2 cm³/mol. The number of aryl methyl sites for hydroxylation is 1. The highest BCUT2D eigenvalue weighted by Gasteiger charge is 2.27. The van der Waals surface area contributed by atoms with Crippen LogP contribution in [0.15, 0.2) is 6.20 Å². The molecule has 0 saturated heterocycles. The topological polar surface area (TPSA) is 62.3 Å². The van der Waals surface area contributed by atoms with E-state index in [-0.39, 0.29) is 24.3 Å². The average molecular weight is 352 g/mol. The summed E-state index contributed by atoms with van der Waals surface area (Å²) in [5.74, 6) is 0.122. The molecule has 1 aromatic heterocycles. The Labute approximate surface area is 148 Å². The van der Waals surface area contributed by atoms with Crippen molar-refractivity contribution in [3.63, 3.8) is 0 Å². The van der Waals surface area contributed by atoms with Gasteiger partial charge in [-0.05, 0) is 26.2 Å². The van der Waals surface area contributed by atoms with Crippen LogP contribution in [-0.4, -0.2) is 34.8 Å². The van der Waals surface area contributed by atoms with Gasteiger partial charge in [-0.25, -0.2) is 4.98 Å². The molecule has 1 fully saturated rings. The molecule has 0 radical (unpaired) electrons. The van der Waals surface area contributed by atoms with Gasteiger partial charge < -0.3 is 10.2 Å². The number of hydrogen-bond donors (Lipinski definition) is 1. The zero-order chi connectivity index (χ0) is 17.4. The Morgan fingerprint density at radius 3 is 2.67 bits per heavy atom. The summed E-state index contributed by atoms with van der Waals surface area (Å²) in [6.07, 6.45) is 10.3. The molecule has 5 nitrogen and oxygen atoms in total. The first-order chi connectivity index (χ1) is 11.6. The summed E-state index contributed by atoms with van der Waals surface area (Å²) < 4.78 is 0. The van der Waals surface area contributed by atoms with Crippen molar-refractivity contribution < 1.29 is 9.59 Å².